The molecular weight excluding hydrogens is 224 g/mol. The van der Waals surface area contributed by atoms with Gasteiger partial charge >= 0.3 is 0 Å². The van der Waals surface area contributed by atoms with Gasteiger partial charge in [-0.3, -0.25) is 4.90 Å². The summed E-state index contributed by atoms with van der Waals surface area (Å²) < 4.78 is 0. The molecular formula is C15H24N2O. The van der Waals surface area contributed by atoms with Crippen molar-refractivity contribution < 1.29 is 5.11 Å². The largest absolute Gasteiger partial charge is 0.508 e. The van der Waals surface area contributed by atoms with Crippen LogP contribution in [-0.4, -0.2) is 47.6 Å². The number of aromatic hydroxyl groups is 1. The third-order valence-electron chi connectivity index (χ3n) is 4.01. The Morgan fingerprint density at radius 3 is 2.72 bits per heavy atom. The molecule has 18 heavy (non-hydrogen) atoms. The zero-order chi connectivity index (χ0) is 13.3. The number of phenolic OH excluding ortho intramolecular Hbond substituents is 1. The molecule has 1 aromatic rings. The van der Waals surface area contributed by atoms with Gasteiger partial charge in [0.1, 0.15) is 5.75 Å². The highest BCUT2D eigenvalue weighted by Crippen LogP contribution is 2.31. The van der Waals surface area contributed by atoms with Crippen molar-refractivity contribution in [1.29, 1.82) is 0 Å². The Kier molecular flexibility index (Phi) is 3.93. The number of hydrogen-bond donors (Lipinski definition) is 1. The first-order chi connectivity index (χ1) is 8.49. The average molecular weight is 248 g/mol. The van der Waals surface area contributed by atoms with Crippen LogP contribution < -0.4 is 0 Å². The Balaban J connectivity index is 2.20. The zero-order valence-corrected chi connectivity index (χ0v) is 11.8. The van der Waals surface area contributed by atoms with Gasteiger partial charge in [-0.1, -0.05) is 17.7 Å². The lowest BCUT2D eigenvalue weighted by atomic mass is 10.0. The summed E-state index contributed by atoms with van der Waals surface area (Å²) in [5.74, 6) is 0.416. The number of aryl methyl sites for hydroxylation is 1. The summed E-state index contributed by atoms with van der Waals surface area (Å²) >= 11 is 0. The zero-order valence-electron chi connectivity index (χ0n) is 11.8. The maximum Gasteiger partial charge on any atom is 0.120 e. The third-order valence-corrected chi connectivity index (χ3v) is 4.01. The summed E-state index contributed by atoms with van der Waals surface area (Å²) in [5, 5.41) is 10.0. The SMILES string of the molecule is Cc1ccc(O)c(C(C)N2CCN(C)CC2C)c1. The fraction of sp³-hybridized carbons (Fsp3) is 0.600. The lowest BCUT2D eigenvalue weighted by molar-refractivity contribution is 0.0664. The molecule has 0 bridgehead atoms. The highest BCUT2D eigenvalue weighted by atomic mass is 16.3. The van der Waals surface area contributed by atoms with E-state index in [2.05, 4.69) is 43.7 Å². The number of benzene rings is 1. The van der Waals surface area contributed by atoms with Gasteiger partial charge in [0.05, 0.1) is 0 Å². The van der Waals surface area contributed by atoms with Gasteiger partial charge in [0.15, 0.2) is 0 Å². The van der Waals surface area contributed by atoms with E-state index in [1.807, 2.05) is 12.1 Å². The second kappa shape index (κ2) is 5.29. The van der Waals surface area contributed by atoms with Crippen LogP contribution in [0.25, 0.3) is 0 Å². The Bertz CT molecular complexity index is 419. The first-order valence-electron chi connectivity index (χ1n) is 6.73. The van der Waals surface area contributed by atoms with Gasteiger partial charge < -0.3 is 10.0 Å². The number of hydrogen-bond acceptors (Lipinski definition) is 3. The number of nitrogens with zero attached hydrogens (tertiary/aromatic N) is 2. The number of piperazine rings is 1. The van der Waals surface area contributed by atoms with Gasteiger partial charge in [-0.25, -0.2) is 0 Å². The molecule has 1 saturated heterocycles. The van der Waals surface area contributed by atoms with Crippen molar-refractivity contribution in [3.8, 4) is 5.75 Å². The molecule has 0 amide bonds. The Morgan fingerprint density at radius 1 is 1.33 bits per heavy atom. The van der Waals surface area contributed by atoms with Crippen LogP contribution in [0.4, 0.5) is 0 Å². The summed E-state index contributed by atoms with van der Waals surface area (Å²) in [7, 11) is 2.17. The number of likely N-dealkylation sites (N-methyl/N-ethyl adjacent to an activating group) is 1. The third kappa shape index (κ3) is 2.68. The minimum atomic E-state index is 0.272. The maximum absolute atomic E-state index is 10.0. The summed E-state index contributed by atoms with van der Waals surface area (Å²) in [6, 6.07) is 6.67. The van der Waals surface area contributed by atoms with Crippen molar-refractivity contribution in [2.75, 3.05) is 26.7 Å². The molecule has 3 nitrogen and oxygen atoms in total. The molecule has 3 heteroatoms. The average Bonchev–Trinajstić information content (AvgIpc) is 2.31. The van der Waals surface area contributed by atoms with E-state index in [-0.39, 0.29) is 6.04 Å². The summed E-state index contributed by atoms with van der Waals surface area (Å²) in [5.41, 5.74) is 2.25. The highest BCUT2D eigenvalue weighted by Gasteiger charge is 2.27. The minimum Gasteiger partial charge on any atom is -0.508 e. The smallest absolute Gasteiger partial charge is 0.120 e. The van der Waals surface area contributed by atoms with Crippen LogP contribution in [0, 0.1) is 6.92 Å². The lowest BCUT2D eigenvalue weighted by Crippen LogP contribution is -2.51. The molecule has 1 fully saturated rings. The molecule has 2 rings (SSSR count). The Morgan fingerprint density at radius 2 is 2.06 bits per heavy atom. The lowest BCUT2D eigenvalue weighted by Gasteiger charge is -2.42. The second-order valence-electron chi connectivity index (χ2n) is 5.59. The maximum atomic E-state index is 10.0. The molecule has 1 aromatic carbocycles. The van der Waals surface area contributed by atoms with Crippen LogP contribution in [0.15, 0.2) is 18.2 Å². The quantitative estimate of drug-likeness (QED) is 0.870. The van der Waals surface area contributed by atoms with Gasteiger partial charge in [-0.2, -0.15) is 0 Å². The van der Waals surface area contributed by atoms with Crippen LogP contribution in [0.2, 0.25) is 0 Å². The molecule has 2 unspecified atom stereocenters. The molecule has 1 aliphatic heterocycles. The van der Waals surface area contributed by atoms with Gasteiger partial charge in [-0.15, -0.1) is 0 Å². The first kappa shape index (κ1) is 13.4. The molecule has 0 spiro atoms. The van der Waals surface area contributed by atoms with Crippen molar-refractivity contribution >= 4 is 0 Å². The van der Waals surface area contributed by atoms with Gasteiger partial charge in [0, 0.05) is 37.3 Å². The van der Waals surface area contributed by atoms with E-state index in [0.717, 1.165) is 25.2 Å². The first-order valence-corrected chi connectivity index (χ1v) is 6.73. The summed E-state index contributed by atoms with van der Waals surface area (Å²) in [6.45, 7) is 9.78. The molecule has 0 aromatic heterocycles. The standard InChI is InChI=1S/C15H24N2O/c1-11-5-6-15(18)14(9-11)13(3)17-8-7-16(4)10-12(17)2/h5-6,9,12-13,18H,7-8,10H2,1-4H3. The molecule has 1 N–H and O–H groups in total. The predicted molar refractivity (Wildman–Crippen MR) is 74.9 cm³/mol. The van der Waals surface area contributed by atoms with Crippen LogP contribution in [-0.2, 0) is 0 Å². The van der Waals surface area contributed by atoms with E-state index in [0.29, 0.717) is 11.8 Å². The molecule has 0 aliphatic carbocycles. The highest BCUT2D eigenvalue weighted by molar-refractivity contribution is 5.37. The monoisotopic (exact) mass is 248 g/mol. The normalized spacial score (nSPS) is 24.1. The van der Waals surface area contributed by atoms with E-state index in [1.54, 1.807) is 0 Å². The predicted octanol–water partition coefficient (Wildman–Crippen LogP) is 2.40. The molecule has 2 atom stereocenters. The van der Waals surface area contributed by atoms with Crippen molar-refractivity contribution in [2.24, 2.45) is 0 Å². The van der Waals surface area contributed by atoms with Crippen LogP contribution in [0.1, 0.15) is 31.0 Å². The van der Waals surface area contributed by atoms with Crippen LogP contribution in [0.5, 0.6) is 5.75 Å². The summed E-state index contributed by atoms with van der Waals surface area (Å²) in [4.78, 5) is 4.85. The molecule has 1 aliphatic rings. The summed E-state index contributed by atoms with van der Waals surface area (Å²) in [6.07, 6.45) is 0. The van der Waals surface area contributed by atoms with E-state index in [4.69, 9.17) is 0 Å². The van der Waals surface area contributed by atoms with E-state index < -0.39 is 0 Å². The van der Waals surface area contributed by atoms with Gasteiger partial charge in [0.2, 0.25) is 0 Å². The van der Waals surface area contributed by atoms with Crippen molar-refractivity contribution in [2.45, 2.75) is 32.9 Å². The molecule has 0 saturated carbocycles. The van der Waals surface area contributed by atoms with E-state index in [9.17, 15) is 5.11 Å². The fourth-order valence-electron chi connectivity index (χ4n) is 2.92. The van der Waals surface area contributed by atoms with Gasteiger partial charge in [0.25, 0.3) is 0 Å². The molecule has 1 heterocycles. The molecule has 0 radical (unpaired) electrons. The number of phenols is 1. The van der Waals surface area contributed by atoms with Crippen molar-refractivity contribution in [3.05, 3.63) is 29.3 Å². The van der Waals surface area contributed by atoms with E-state index >= 15 is 0 Å². The number of rotatable bonds is 2. The van der Waals surface area contributed by atoms with Gasteiger partial charge in [-0.05, 0) is 33.9 Å². The second-order valence-corrected chi connectivity index (χ2v) is 5.59. The van der Waals surface area contributed by atoms with Crippen LogP contribution in [0.3, 0.4) is 0 Å². The Hall–Kier alpha value is -1.06. The van der Waals surface area contributed by atoms with Crippen molar-refractivity contribution in [1.82, 2.24) is 9.80 Å². The topological polar surface area (TPSA) is 26.7 Å². The Labute approximate surface area is 110 Å². The van der Waals surface area contributed by atoms with E-state index in [1.165, 1.54) is 5.56 Å². The minimum absolute atomic E-state index is 0.272. The van der Waals surface area contributed by atoms with Crippen molar-refractivity contribution in [3.63, 3.8) is 0 Å². The van der Waals surface area contributed by atoms with Crippen LogP contribution >= 0.6 is 0 Å². The molecule has 100 valence electrons. The fourth-order valence-corrected chi connectivity index (χ4v) is 2.92.